The van der Waals surface area contributed by atoms with Gasteiger partial charge in [0.2, 0.25) is 5.91 Å². The molecule has 2 heterocycles. The summed E-state index contributed by atoms with van der Waals surface area (Å²) in [5, 5.41) is 0. The standard InChI is InChI=1S/C15H30N4O.2ClH/c1-2-17-9-11-18(12-10-17)8-6-15(20)19-7-4-3-5-14(19)13-16;;/h14H,2-13,16H2,1H3;2*1H. The van der Waals surface area contributed by atoms with Gasteiger partial charge in [-0.15, -0.1) is 24.8 Å². The smallest absolute Gasteiger partial charge is 0.224 e. The highest BCUT2D eigenvalue weighted by Gasteiger charge is 2.26. The predicted molar refractivity (Wildman–Crippen MR) is 96.1 cm³/mol. The van der Waals surface area contributed by atoms with Gasteiger partial charge in [0.15, 0.2) is 0 Å². The number of carbonyl (C=O) groups excluding carboxylic acids is 1. The number of likely N-dealkylation sites (tertiary alicyclic amines) is 1. The van der Waals surface area contributed by atoms with Gasteiger partial charge in [-0.25, -0.2) is 0 Å². The number of piperazine rings is 1. The van der Waals surface area contributed by atoms with Crippen LogP contribution in [0, 0.1) is 0 Å². The predicted octanol–water partition coefficient (Wildman–Crippen LogP) is 1.20. The Bertz CT molecular complexity index is 312. The Balaban J connectivity index is 0.00000220. The second-order valence-corrected chi connectivity index (χ2v) is 6.00. The minimum absolute atomic E-state index is 0. The molecule has 0 aromatic heterocycles. The van der Waals surface area contributed by atoms with Gasteiger partial charge in [-0.3, -0.25) is 4.79 Å². The third kappa shape index (κ3) is 6.20. The maximum atomic E-state index is 12.4. The Morgan fingerprint density at radius 1 is 1.05 bits per heavy atom. The lowest BCUT2D eigenvalue weighted by Crippen LogP contribution is -2.49. The number of amides is 1. The monoisotopic (exact) mass is 354 g/mol. The zero-order valence-corrected chi connectivity index (χ0v) is 15.3. The molecule has 7 heteroatoms. The van der Waals surface area contributed by atoms with Crippen molar-refractivity contribution >= 4 is 30.7 Å². The van der Waals surface area contributed by atoms with Crippen molar-refractivity contribution in [3.05, 3.63) is 0 Å². The van der Waals surface area contributed by atoms with Crippen molar-refractivity contribution in [2.45, 2.75) is 38.6 Å². The molecule has 2 saturated heterocycles. The van der Waals surface area contributed by atoms with Crippen LogP contribution in [0.25, 0.3) is 0 Å². The molecule has 0 bridgehead atoms. The van der Waals surface area contributed by atoms with Crippen LogP contribution < -0.4 is 5.73 Å². The fraction of sp³-hybridized carbons (Fsp3) is 0.933. The zero-order chi connectivity index (χ0) is 14.4. The van der Waals surface area contributed by atoms with Crippen LogP contribution in [0.4, 0.5) is 0 Å². The number of likely N-dealkylation sites (N-methyl/N-ethyl adjacent to an activating group) is 1. The summed E-state index contributed by atoms with van der Waals surface area (Å²) in [5.74, 6) is 0.304. The maximum Gasteiger partial charge on any atom is 0.224 e. The number of nitrogens with zero attached hydrogens (tertiary/aromatic N) is 3. The number of piperidine rings is 1. The van der Waals surface area contributed by atoms with Gasteiger partial charge >= 0.3 is 0 Å². The first-order chi connectivity index (χ1) is 9.74. The van der Waals surface area contributed by atoms with Crippen LogP contribution in [0.2, 0.25) is 0 Å². The van der Waals surface area contributed by atoms with Gasteiger partial charge in [-0.2, -0.15) is 0 Å². The van der Waals surface area contributed by atoms with Crippen LogP contribution >= 0.6 is 24.8 Å². The average Bonchev–Trinajstić information content (AvgIpc) is 2.53. The van der Waals surface area contributed by atoms with E-state index in [4.69, 9.17) is 5.73 Å². The molecule has 2 aliphatic heterocycles. The molecule has 5 nitrogen and oxygen atoms in total. The van der Waals surface area contributed by atoms with E-state index in [2.05, 4.69) is 16.7 Å². The van der Waals surface area contributed by atoms with Crippen molar-refractivity contribution < 1.29 is 4.79 Å². The van der Waals surface area contributed by atoms with E-state index in [0.717, 1.165) is 58.7 Å². The number of halogens is 2. The van der Waals surface area contributed by atoms with Crippen LogP contribution in [-0.2, 0) is 4.79 Å². The molecule has 0 aromatic rings. The summed E-state index contributed by atoms with van der Waals surface area (Å²) >= 11 is 0. The van der Waals surface area contributed by atoms with E-state index >= 15 is 0 Å². The van der Waals surface area contributed by atoms with Gasteiger partial charge in [0.05, 0.1) is 0 Å². The number of hydrogen-bond acceptors (Lipinski definition) is 4. The molecule has 0 spiro atoms. The topological polar surface area (TPSA) is 52.8 Å². The number of carbonyl (C=O) groups is 1. The molecule has 1 atom stereocenters. The molecule has 0 aromatic carbocycles. The first-order valence-electron chi connectivity index (χ1n) is 8.18. The lowest BCUT2D eigenvalue weighted by atomic mass is 10.0. The highest BCUT2D eigenvalue weighted by molar-refractivity contribution is 5.85. The Morgan fingerprint density at radius 2 is 1.68 bits per heavy atom. The third-order valence-corrected chi connectivity index (χ3v) is 4.77. The van der Waals surface area contributed by atoms with E-state index in [-0.39, 0.29) is 30.9 Å². The second-order valence-electron chi connectivity index (χ2n) is 6.00. The van der Waals surface area contributed by atoms with Crippen molar-refractivity contribution in [1.29, 1.82) is 0 Å². The van der Waals surface area contributed by atoms with Gasteiger partial charge in [-0.1, -0.05) is 6.92 Å². The highest BCUT2D eigenvalue weighted by Crippen LogP contribution is 2.17. The average molecular weight is 355 g/mol. The van der Waals surface area contributed by atoms with E-state index < -0.39 is 0 Å². The molecule has 2 N–H and O–H groups in total. The van der Waals surface area contributed by atoms with Crippen molar-refractivity contribution in [3.63, 3.8) is 0 Å². The molecule has 0 saturated carbocycles. The molecule has 0 aliphatic carbocycles. The molecule has 2 aliphatic rings. The first-order valence-corrected chi connectivity index (χ1v) is 8.18. The van der Waals surface area contributed by atoms with Gasteiger partial charge in [-0.05, 0) is 25.8 Å². The van der Waals surface area contributed by atoms with Gasteiger partial charge in [0.25, 0.3) is 0 Å². The summed E-state index contributed by atoms with van der Waals surface area (Å²) in [6.45, 7) is 10.2. The summed E-state index contributed by atoms with van der Waals surface area (Å²) in [6.07, 6.45) is 4.09. The third-order valence-electron chi connectivity index (χ3n) is 4.77. The summed E-state index contributed by atoms with van der Waals surface area (Å²) in [6, 6.07) is 0.285. The van der Waals surface area contributed by atoms with E-state index in [1.54, 1.807) is 0 Å². The number of hydrogen-bond donors (Lipinski definition) is 1. The molecule has 1 amide bonds. The summed E-state index contributed by atoms with van der Waals surface area (Å²) in [4.78, 5) is 19.3. The Labute approximate surface area is 147 Å². The highest BCUT2D eigenvalue weighted by atomic mass is 35.5. The van der Waals surface area contributed by atoms with Crippen molar-refractivity contribution in [2.24, 2.45) is 5.73 Å². The van der Waals surface area contributed by atoms with Gasteiger partial charge in [0.1, 0.15) is 0 Å². The SMILES string of the molecule is CCN1CCN(CCC(=O)N2CCCCC2CN)CC1.Cl.Cl. The van der Waals surface area contributed by atoms with Crippen LogP contribution in [0.1, 0.15) is 32.6 Å². The maximum absolute atomic E-state index is 12.4. The summed E-state index contributed by atoms with van der Waals surface area (Å²) in [7, 11) is 0. The van der Waals surface area contributed by atoms with Crippen molar-refractivity contribution in [1.82, 2.24) is 14.7 Å². The lowest BCUT2D eigenvalue weighted by molar-refractivity contribution is -0.135. The molecule has 132 valence electrons. The van der Waals surface area contributed by atoms with E-state index in [1.165, 1.54) is 6.42 Å². The fourth-order valence-electron chi connectivity index (χ4n) is 3.30. The lowest BCUT2D eigenvalue weighted by Gasteiger charge is -2.37. The Morgan fingerprint density at radius 3 is 2.27 bits per heavy atom. The molecular weight excluding hydrogens is 323 g/mol. The zero-order valence-electron chi connectivity index (χ0n) is 13.7. The quantitative estimate of drug-likeness (QED) is 0.805. The summed E-state index contributed by atoms with van der Waals surface area (Å²) < 4.78 is 0. The van der Waals surface area contributed by atoms with E-state index in [9.17, 15) is 4.79 Å². The van der Waals surface area contributed by atoms with Crippen LogP contribution in [0.15, 0.2) is 0 Å². The van der Waals surface area contributed by atoms with Crippen LogP contribution in [-0.4, -0.2) is 79.0 Å². The number of nitrogens with two attached hydrogens (primary N) is 1. The molecular formula is C15H32Cl2N4O. The Hall–Kier alpha value is -0.0700. The van der Waals surface area contributed by atoms with Crippen molar-refractivity contribution in [3.8, 4) is 0 Å². The largest absolute Gasteiger partial charge is 0.338 e. The number of rotatable bonds is 5. The summed E-state index contributed by atoms with van der Waals surface area (Å²) in [5.41, 5.74) is 5.79. The van der Waals surface area contributed by atoms with Gasteiger partial charge < -0.3 is 20.4 Å². The molecule has 2 fully saturated rings. The normalized spacial score (nSPS) is 23.5. The molecule has 0 radical (unpaired) electrons. The molecule has 2 rings (SSSR count). The van der Waals surface area contributed by atoms with E-state index in [1.807, 2.05) is 4.90 Å². The van der Waals surface area contributed by atoms with Crippen molar-refractivity contribution in [2.75, 3.05) is 52.4 Å². The van der Waals surface area contributed by atoms with Crippen LogP contribution in [0.3, 0.4) is 0 Å². The minimum atomic E-state index is 0. The molecule has 1 unspecified atom stereocenters. The fourth-order valence-corrected chi connectivity index (χ4v) is 3.30. The van der Waals surface area contributed by atoms with E-state index in [0.29, 0.717) is 18.9 Å². The van der Waals surface area contributed by atoms with Gasteiger partial charge in [0, 0.05) is 58.3 Å². The second kappa shape index (κ2) is 11.5. The van der Waals surface area contributed by atoms with Crippen LogP contribution in [0.5, 0.6) is 0 Å². The molecule has 22 heavy (non-hydrogen) atoms. The minimum Gasteiger partial charge on any atom is -0.338 e. The Kier molecular flexibility index (Phi) is 11.4. The first kappa shape index (κ1) is 21.9.